The van der Waals surface area contributed by atoms with Crippen LogP contribution in [0.3, 0.4) is 0 Å². The molecule has 0 heterocycles. The minimum atomic E-state index is -0.0677. The minimum absolute atomic E-state index is 0.0677. The van der Waals surface area contributed by atoms with Crippen LogP contribution >= 0.6 is 27.7 Å². The van der Waals surface area contributed by atoms with Gasteiger partial charge in [0.25, 0.3) is 5.91 Å². The highest BCUT2D eigenvalue weighted by Gasteiger charge is 2.17. The van der Waals surface area contributed by atoms with Gasteiger partial charge in [-0.2, -0.15) is 0 Å². The molecule has 2 rings (SSSR count). The number of carbonyl (C=O) groups is 1. The molecule has 0 unspecified atom stereocenters. The highest BCUT2D eigenvalue weighted by molar-refractivity contribution is 9.10. The summed E-state index contributed by atoms with van der Waals surface area (Å²) in [5, 5.41) is 0. The summed E-state index contributed by atoms with van der Waals surface area (Å²) in [5.41, 5.74) is 4.93. The third kappa shape index (κ3) is 4.50. The quantitative estimate of drug-likeness (QED) is 0.635. The molecule has 1 amide bonds. The van der Waals surface area contributed by atoms with Crippen molar-refractivity contribution in [3.63, 3.8) is 0 Å². The van der Waals surface area contributed by atoms with Crippen molar-refractivity contribution in [2.24, 2.45) is 0 Å². The van der Waals surface area contributed by atoms with Crippen LogP contribution in [-0.4, -0.2) is 17.8 Å². The van der Waals surface area contributed by atoms with Crippen molar-refractivity contribution in [1.82, 2.24) is 5.48 Å². The number of hydroxylamine groups is 1. The van der Waals surface area contributed by atoms with Gasteiger partial charge < -0.3 is 0 Å². The molecule has 1 aromatic rings. The first-order valence-corrected chi connectivity index (χ1v) is 8.68. The molecular formula is C15H20BrNO2S. The predicted octanol–water partition coefficient (Wildman–Crippen LogP) is 4.15. The van der Waals surface area contributed by atoms with E-state index in [1.54, 1.807) is 11.8 Å². The van der Waals surface area contributed by atoms with Crippen molar-refractivity contribution in [2.75, 3.05) is 5.75 Å². The molecule has 0 spiro atoms. The first kappa shape index (κ1) is 15.9. The van der Waals surface area contributed by atoms with Gasteiger partial charge in [0.15, 0.2) is 0 Å². The molecule has 3 nitrogen and oxygen atoms in total. The van der Waals surface area contributed by atoms with Gasteiger partial charge in [0.05, 0.1) is 11.9 Å². The van der Waals surface area contributed by atoms with Gasteiger partial charge in [0.1, 0.15) is 0 Å². The Bertz CT molecular complexity index is 487. The molecule has 0 aliphatic heterocycles. The molecule has 0 bridgehead atoms. The normalized spacial score (nSPS) is 15.6. The van der Waals surface area contributed by atoms with Crippen molar-refractivity contribution >= 4 is 33.6 Å². The number of amides is 1. The second-order valence-corrected chi connectivity index (χ2v) is 7.08. The first-order valence-electron chi connectivity index (χ1n) is 6.90. The molecule has 0 radical (unpaired) electrons. The topological polar surface area (TPSA) is 38.3 Å². The van der Waals surface area contributed by atoms with E-state index in [0.717, 1.165) is 22.2 Å². The van der Waals surface area contributed by atoms with Gasteiger partial charge in [-0.05, 0) is 49.9 Å². The Morgan fingerprint density at radius 2 is 2.05 bits per heavy atom. The van der Waals surface area contributed by atoms with Gasteiger partial charge in [-0.25, -0.2) is 5.48 Å². The van der Waals surface area contributed by atoms with E-state index in [1.807, 2.05) is 0 Å². The molecule has 20 heavy (non-hydrogen) atoms. The SMILES string of the molecule is Cc1cc(SCC(=O)NOC2CCCC2)c(C)cc1Br. The number of benzene rings is 1. The first-order chi connectivity index (χ1) is 9.56. The average Bonchev–Trinajstić information content (AvgIpc) is 2.92. The Labute approximate surface area is 132 Å². The van der Waals surface area contributed by atoms with E-state index in [1.165, 1.54) is 24.0 Å². The van der Waals surface area contributed by atoms with Gasteiger partial charge in [-0.3, -0.25) is 9.63 Å². The highest BCUT2D eigenvalue weighted by atomic mass is 79.9. The number of aryl methyl sites for hydroxylation is 2. The molecule has 1 N–H and O–H groups in total. The van der Waals surface area contributed by atoms with E-state index in [2.05, 4.69) is 47.4 Å². The maximum absolute atomic E-state index is 11.8. The zero-order valence-corrected chi connectivity index (χ0v) is 14.3. The van der Waals surface area contributed by atoms with E-state index in [4.69, 9.17) is 4.84 Å². The molecule has 0 atom stereocenters. The molecule has 1 aliphatic carbocycles. The summed E-state index contributed by atoms with van der Waals surface area (Å²) in [6.07, 6.45) is 4.72. The van der Waals surface area contributed by atoms with Crippen LogP contribution in [0, 0.1) is 13.8 Å². The average molecular weight is 358 g/mol. The second-order valence-electron chi connectivity index (χ2n) is 5.21. The maximum atomic E-state index is 11.8. The number of hydrogen-bond donors (Lipinski definition) is 1. The lowest BCUT2D eigenvalue weighted by atomic mass is 10.2. The van der Waals surface area contributed by atoms with Crippen molar-refractivity contribution in [3.05, 3.63) is 27.7 Å². The third-order valence-electron chi connectivity index (χ3n) is 3.46. The molecular weight excluding hydrogens is 338 g/mol. The Kier molecular flexibility index (Phi) is 5.93. The summed E-state index contributed by atoms with van der Waals surface area (Å²) in [6.45, 7) is 4.11. The number of halogens is 1. The summed E-state index contributed by atoms with van der Waals surface area (Å²) in [6, 6.07) is 4.19. The molecule has 1 saturated carbocycles. The maximum Gasteiger partial charge on any atom is 0.253 e. The van der Waals surface area contributed by atoms with Crippen LogP contribution in [0.4, 0.5) is 0 Å². The lowest BCUT2D eigenvalue weighted by Crippen LogP contribution is -2.29. The van der Waals surface area contributed by atoms with E-state index < -0.39 is 0 Å². The number of rotatable bonds is 5. The Hall–Kier alpha value is -0.520. The fraction of sp³-hybridized carbons (Fsp3) is 0.533. The van der Waals surface area contributed by atoms with Crippen LogP contribution in [-0.2, 0) is 9.63 Å². The van der Waals surface area contributed by atoms with E-state index in [-0.39, 0.29) is 12.0 Å². The zero-order valence-electron chi connectivity index (χ0n) is 11.9. The van der Waals surface area contributed by atoms with Crippen LogP contribution < -0.4 is 5.48 Å². The minimum Gasteiger partial charge on any atom is -0.272 e. The van der Waals surface area contributed by atoms with Crippen LogP contribution in [0.5, 0.6) is 0 Å². The molecule has 1 fully saturated rings. The van der Waals surface area contributed by atoms with Crippen molar-refractivity contribution in [2.45, 2.75) is 50.5 Å². The summed E-state index contributed by atoms with van der Waals surface area (Å²) in [4.78, 5) is 18.3. The number of hydrogen-bond acceptors (Lipinski definition) is 3. The number of thioether (sulfide) groups is 1. The summed E-state index contributed by atoms with van der Waals surface area (Å²) in [7, 11) is 0. The fourth-order valence-electron chi connectivity index (χ4n) is 2.24. The van der Waals surface area contributed by atoms with Crippen molar-refractivity contribution in [3.8, 4) is 0 Å². The lowest BCUT2D eigenvalue weighted by molar-refractivity contribution is -0.135. The fourth-order valence-corrected chi connectivity index (χ4v) is 3.59. The predicted molar refractivity (Wildman–Crippen MR) is 85.8 cm³/mol. The van der Waals surface area contributed by atoms with Gasteiger partial charge in [0.2, 0.25) is 0 Å². The summed E-state index contributed by atoms with van der Waals surface area (Å²) in [5.74, 6) is 0.316. The van der Waals surface area contributed by atoms with Crippen molar-refractivity contribution < 1.29 is 9.63 Å². The lowest BCUT2D eigenvalue weighted by Gasteiger charge is -2.12. The Balaban J connectivity index is 1.79. The van der Waals surface area contributed by atoms with E-state index in [9.17, 15) is 4.79 Å². The summed E-state index contributed by atoms with van der Waals surface area (Å²) < 4.78 is 1.10. The Morgan fingerprint density at radius 3 is 2.75 bits per heavy atom. The van der Waals surface area contributed by atoms with Crippen LogP contribution in [0.2, 0.25) is 0 Å². The largest absolute Gasteiger partial charge is 0.272 e. The van der Waals surface area contributed by atoms with E-state index in [0.29, 0.717) is 5.75 Å². The zero-order chi connectivity index (χ0) is 14.5. The summed E-state index contributed by atoms with van der Waals surface area (Å²) >= 11 is 5.06. The third-order valence-corrected chi connectivity index (χ3v) is 5.47. The Morgan fingerprint density at radius 1 is 1.35 bits per heavy atom. The van der Waals surface area contributed by atoms with Gasteiger partial charge in [-0.1, -0.05) is 28.8 Å². The second kappa shape index (κ2) is 7.48. The van der Waals surface area contributed by atoms with Gasteiger partial charge in [-0.15, -0.1) is 11.8 Å². The van der Waals surface area contributed by atoms with Crippen LogP contribution in [0.15, 0.2) is 21.5 Å². The smallest absolute Gasteiger partial charge is 0.253 e. The van der Waals surface area contributed by atoms with Crippen LogP contribution in [0.1, 0.15) is 36.8 Å². The standard InChI is InChI=1S/C15H20BrNO2S/c1-10-8-14(11(2)7-13(10)16)20-9-15(18)17-19-12-5-3-4-6-12/h7-8,12H,3-6,9H2,1-2H3,(H,17,18). The van der Waals surface area contributed by atoms with Crippen LogP contribution in [0.25, 0.3) is 0 Å². The molecule has 0 saturated heterocycles. The van der Waals surface area contributed by atoms with Gasteiger partial charge in [0, 0.05) is 9.37 Å². The highest BCUT2D eigenvalue weighted by Crippen LogP contribution is 2.28. The number of carbonyl (C=O) groups excluding carboxylic acids is 1. The van der Waals surface area contributed by atoms with Crippen molar-refractivity contribution in [1.29, 1.82) is 0 Å². The monoisotopic (exact) mass is 357 g/mol. The van der Waals surface area contributed by atoms with E-state index >= 15 is 0 Å². The molecule has 5 heteroatoms. The molecule has 1 aliphatic rings. The van der Waals surface area contributed by atoms with Gasteiger partial charge >= 0.3 is 0 Å². The molecule has 0 aromatic heterocycles. The molecule has 1 aromatic carbocycles. The number of nitrogens with one attached hydrogen (secondary N) is 1. The molecule has 110 valence electrons.